The van der Waals surface area contributed by atoms with E-state index in [1.54, 1.807) is 0 Å². The molecule has 3 aliphatic carbocycles. The largest absolute Gasteiger partial charge is 0.252 e. The Bertz CT molecular complexity index is 2010. The second kappa shape index (κ2) is 7.88. The molecule has 0 atom stereocenters. The first-order chi connectivity index (χ1) is 19.4. The van der Waals surface area contributed by atoms with Gasteiger partial charge in [-0.15, -0.1) is 0 Å². The summed E-state index contributed by atoms with van der Waals surface area (Å²) in [6.45, 7) is 0. The number of hydrogen-bond donors (Lipinski definition) is 0. The molecule has 0 amide bonds. The molecular formula is C38H25N. The molecule has 182 valence electrons. The molecular weight excluding hydrogens is 470 g/mol. The van der Waals surface area contributed by atoms with Crippen molar-refractivity contribution in [1.82, 2.24) is 0 Å². The van der Waals surface area contributed by atoms with Crippen molar-refractivity contribution in [3.8, 4) is 0 Å². The van der Waals surface area contributed by atoms with Crippen LogP contribution < -0.4 is 0 Å². The molecule has 0 fully saturated rings. The van der Waals surface area contributed by atoms with E-state index in [9.17, 15) is 0 Å². The van der Waals surface area contributed by atoms with Crippen molar-refractivity contribution in [2.24, 2.45) is 4.99 Å². The predicted octanol–water partition coefficient (Wildman–Crippen LogP) is 9.32. The van der Waals surface area contributed by atoms with E-state index in [1.807, 2.05) is 0 Å². The van der Waals surface area contributed by atoms with Gasteiger partial charge in [0.2, 0.25) is 0 Å². The number of rotatable bonds is 2. The van der Waals surface area contributed by atoms with Crippen molar-refractivity contribution in [3.05, 3.63) is 154 Å². The molecule has 4 aliphatic rings. The highest BCUT2D eigenvalue weighted by Gasteiger charge is 2.41. The maximum absolute atomic E-state index is 5.28. The normalized spacial score (nSPS) is 16.3. The number of allylic oxidation sites excluding steroid dienone is 4. The Morgan fingerprint density at radius 2 is 1.36 bits per heavy atom. The number of nitrogens with zero attached hydrogens (tertiary/aromatic N) is 1. The molecule has 1 nitrogen and oxygen atoms in total. The van der Waals surface area contributed by atoms with Crippen molar-refractivity contribution >= 4 is 50.5 Å². The van der Waals surface area contributed by atoms with Gasteiger partial charge in [0.25, 0.3) is 0 Å². The van der Waals surface area contributed by atoms with E-state index in [1.165, 1.54) is 83.3 Å². The Morgan fingerprint density at radius 3 is 2.28 bits per heavy atom. The highest BCUT2D eigenvalue weighted by atomic mass is 14.8. The van der Waals surface area contributed by atoms with Gasteiger partial charge in [0.05, 0.1) is 11.4 Å². The van der Waals surface area contributed by atoms with Gasteiger partial charge >= 0.3 is 0 Å². The first-order valence-electron chi connectivity index (χ1n) is 13.9. The third-order valence-corrected chi connectivity index (χ3v) is 8.88. The number of fused-ring (bicyclic) bond motifs is 10. The fourth-order valence-corrected chi connectivity index (χ4v) is 7.27. The van der Waals surface area contributed by atoms with E-state index in [-0.39, 0.29) is 0 Å². The zero-order valence-electron chi connectivity index (χ0n) is 21.5. The van der Waals surface area contributed by atoms with E-state index in [0.29, 0.717) is 0 Å². The third kappa shape index (κ3) is 2.88. The average molecular weight is 496 g/mol. The molecule has 5 aromatic rings. The van der Waals surface area contributed by atoms with Gasteiger partial charge in [0, 0.05) is 17.6 Å². The fraction of sp³-hybridized carbons (Fsp3) is 0.0789. The lowest BCUT2D eigenvalue weighted by Gasteiger charge is -2.19. The molecule has 0 bridgehead atoms. The SMILES string of the molecule is C1=Cc2ccc3c(c2CC1)C(c1ccccc1)=C1C3=C(C2=Nc3ccccc3C2)c2c1ccc1ccccc21. The van der Waals surface area contributed by atoms with Gasteiger partial charge < -0.3 is 0 Å². The quantitative estimate of drug-likeness (QED) is 0.231. The number of benzene rings is 5. The van der Waals surface area contributed by atoms with Crippen LogP contribution in [0.5, 0.6) is 0 Å². The molecule has 39 heavy (non-hydrogen) atoms. The van der Waals surface area contributed by atoms with Crippen molar-refractivity contribution in [3.63, 3.8) is 0 Å². The van der Waals surface area contributed by atoms with Crippen molar-refractivity contribution < 1.29 is 0 Å². The lowest BCUT2D eigenvalue weighted by Crippen LogP contribution is -2.05. The Hall–Kier alpha value is -4.75. The molecule has 1 heteroatoms. The lowest BCUT2D eigenvalue weighted by molar-refractivity contribution is 0.980. The number of para-hydroxylation sites is 1. The Kier molecular flexibility index (Phi) is 4.29. The molecule has 0 saturated carbocycles. The molecule has 0 saturated heterocycles. The third-order valence-electron chi connectivity index (χ3n) is 8.88. The highest BCUT2D eigenvalue weighted by Crippen LogP contribution is 2.60. The topological polar surface area (TPSA) is 12.4 Å². The standard InChI is InChI=1S/C38H25N/c1-2-12-25(13-3-1)33-34-27-15-7-4-10-23(27)18-20-29(34)37-36(33)30-21-19-24-11-5-8-16-28(24)35(30)38(37)32-22-26-14-6-9-17-31(26)39-32/h1-6,8-14,16-21H,7,15,22H2. The van der Waals surface area contributed by atoms with E-state index in [0.717, 1.165) is 24.9 Å². The first kappa shape index (κ1) is 21.2. The van der Waals surface area contributed by atoms with Crippen LogP contribution in [-0.2, 0) is 12.8 Å². The average Bonchev–Trinajstić information content (AvgIpc) is 3.67. The van der Waals surface area contributed by atoms with Crippen LogP contribution in [0.25, 0.3) is 39.1 Å². The molecule has 9 rings (SSSR count). The van der Waals surface area contributed by atoms with Crippen molar-refractivity contribution in [1.29, 1.82) is 0 Å². The van der Waals surface area contributed by atoms with Crippen LogP contribution in [0.2, 0.25) is 0 Å². The second-order valence-electron chi connectivity index (χ2n) is 10.9. The van der Waals surface area contributed by atoms with E-state index < -0.39 is 0 Å². The summed E-state index contributed by atoms with van der Waals surface area (Å²) in [7, 11) is 0. The van der Waals surface area contributed by atoms with Gasteiger partial charge in [0.15, 0.2) is 0 Å². The van der Waals surface area contributed by atoms with Crippen LogP contribution in [-0.4, -0.2) is 5.71 Å². The van der Waals surface area contributed by atoms with Gasteiger partial charge in [-0.25, -0.2) is 0 Å². The first-order valence-corrected chi connectivity index (χ1v) is 13.9. The van der Waals surface area contributed by atoms with Crippen LogP contribution in [0.15, 0.2) is 114 Å². The van der Waals surface area contributed by atoms with E-state index in [2.05, 4.69) is 115 Å². The van der Waals surface area contributed by atoms with Crippen molar-refractivity contribution in [2.45, 2.75) is 19.3 Å². The van der Waals surface area contributed by atoms with Gasteiger partial charge in [-0.05, 0) is 85.3 Å². The molecule has 5 aromatic carbocycles. The summed E-state index contributed by atoms with van der Waals surface area (Å²) in [6.07, 6.45) is 7.67. The molecule has 0 N–H and O–H groups in total. The van der Waals surface area contributed by atoms with Gasteiger partial charge in [-0.1, -0.05) is 109 Å². The van der Waals surface area contributed by atoms with Gasteiger partial charge in [0.1, 0.15) is 0 Å². The summed E-state index contributed by atoms with van der Waals surface area (Å²) < 4.78 is 0. The monoisotopic (exact) mass is 495 g/mol. The van der Waals surface area contributed by atoms with Crippen LogP contribution in [0.3, 0.4) is 0 Å². The molecule has 0 spiro atoms. The Balaban J connectivity index is 1.45. The van der Waals surface area contributed by atoms with Gasteiger partial charge in [-0.3, -0.25) is 4.99 Å². The maximum atomic E-state index is 5.28. The zero-order valence-corrected chi connectivity index (χ0v) is 21.5. The molecule has 0 unspecified atom stereocenters. The second-order valence-corrected chi connectivity index (χ2v) is 10.9. The summed E-state index contributed by atoms with van der Waals surface area (Å²) in [5.41, 5.74) is 18.7. The predicted molar refractivity (Wildman–Crippen MR) is 164 cm³/mol. The molecule has 1 heterocycles. The highest BCUT2D eigenvalue weighted by molar-refractivity contribution is 6.48. The van der Waals surface area contributed by atoms with Crippen LogP contribution >= 0.6 is 0 Å². The molecule has 0 radical (unpaired) electrons. The summed E-state index contributed by atoms with van der Waals surface area (Å²) in [4.78, 5) is 5.28. The maximum Gasteiger partial charge on any atom is 0.0669 e. The zero-order chi connectivity index (χ0) is 25.5. The molecule has 1 aliphatic heterocycles. The van der Waals surface area contributed by atoms with Gasteiger partial charge in [-0.2, -0.15) is 0 Å². The van der Waals surface area contributed by atoms with Crippen LogP contribution in [0.4, 0.5) is 5.69 Å². The summed E-state index contributed by atoms with van der Waals surface area (Å²) >= 11 is 0. The Morgan fingerprint density at radius 1 is 0.590 bits per heavy atom. The smallest absolute Gasteiger partial charge is 0.0669 e. The van der Waals surface area contributed by atoms with Crippen molar-refractivity contribution in [2.75, 3.05) is 0 Å². The summed E-state index contributed by atoms with van der Waals surface area (Å²) in [5, 5.41) is 2.59. The minimum absolute atomic E-state index is 0.870. The van der Waals surface area contributed by atoms with E-state index in [4.69, 9.17) is 4.99 Å². The summed E-state index contributed by atoms with van der Waals surface area (Å²) in [5.74, 6) is 0. The van der Waals surface area contributed by atoms with E-state index >= 15 is 0 Å². The number of hydrogen-bond acceptors (Lipinski definition) is 1. The number of aliphatic imine (C=N–C) groups is 1. The fourth-order valence-electron chi connectivity index (χ4n) is 7.27. The molecule has 0 aromatic heterocycles. The van der Waals surface area contributed by atoms with Crippen LogP contribution in [0.1, 0.15) is 50.9 Å². The van der Waals surface area contributed by atoms with Crippen LogP contribution in [0, 0.1) is 0 Å². The lowest BCUT2D eigenvalue weighted by atomic mass is 9.84. The minimum atomic E-state index is 0.870. The Labute approximate surface area is 228 Å². The summed E-state index contributed by atoms with van der Waals surface area (Å²) in [6, 6.07) is 37.9. The minimum Gasteiger partial charge on any atom is -0.252 e.